The van der Waals surface area contributed by atoms with Gasteiger partial charge in [-0.15, -0.1) is 0 Å². The number of aromatic amines is 2. The van der Waals surface area contributed by atoms with Crippen LogP contribution in [-0.4, -0.2) is 62.4 Å². The zero-order valence-corrected chi connectivity index (χ0v) is 20.2. The fourth-order valence-corrected chi connectivity index (χ4v) is 4.17. The number of nitrogens with one attached hydrogen (secondary N) is 4. The number of carbonyl (C=O) groups excluding carboxylic acids is 3. The third-order valence-electron chi connectivity index (χ3n) is 5.86. The molecule has 0 saturated heterocycles. The van der Waals surface area contributed by atoms with Gasteiger partial charge in [0, 0.05) is 50.4 Å². The quantitative estimate of drug-likeness (QED) is 0.350. The second-order valence-electron chi connectivity index (χ2n) is 8.34. The van der Waals surface area contributed by atoms with Gasteiger partial charge in [0.05, 0.1) is 28.5 Å². The minimum absolute atomic E-state index is 0.0946. The molecule has 0 aliphatic carbocycles. The van der Waals surface area contributed by atoms with Crippen LogP contribution in [0, 0.1) is 0 Å². The van der Waals surface area contributed by atoms with Crippen molar-refractivity contribution < 1.29 is 27.6 Å². The lowest BCUT2D eigenvalue weighted by atomic mass is 10.0. The number of fused-ring (bicyclic) bond motifs is 1. The second-order valence-corrected chi connectivity index (χ2v) is 8.75. The van der Waals surface area contributed by atoms with E-state index in [4.69, 9.17) is 11.6 Å². The van der Waals surface area contributed by atoms with E-state index in [-0.39, 0.29) is 60.7 Å². The van der Waals surface area contributed by atoms with Crippen molar-refractivity contribution in [1.29, 1.82) is 0 Å². The first kappa shape index (κ1) is 26.2. The number of carbonyl (C=O) groups is 3. The van der Waals surface area contributed by atoms with Gasteiger partial charge in [0.25, 0.3) is 11.8 Å². The number of rotatable bonds is 8. The Kier molecular flexibility index (Phi) is 7.81. The summed E-state index contributed by atoms with van der Waals surface area (Å²) in [6.45, 7) is 0.928. The van der Waals surface area contributed by atoms with Crippen LogP contribution in [0.3, 0.4) is 0 Å². The molecular formula is C23H23ClF3N7O3. The topological polar surface area (TPSA) is 136 Å². The Bertz CT molecular complexity index is 1290. The summed E-state index contributed by atoms with van der Waals surface area (Å²) in [5, 5.41) is 12.1. The van der Waals surface area contributed by atoms with E-state index in [1.807, 2.05) is 0 Å². The Morgan fingerprint density at radius 1 is 1.16 bits per heavy atom. The van der Waals surface area contributed by atoms with Crippen molar-refractivity contribution in [3.05, 3.63) is 69.5 Å². The first-order chi connectivity index (χ1) is 17.6. The predicted molar refractivity (Wildman–Crippen MR) is 126 cm³/mol. The van der Waals surface area contributed by atoms with Crippen molar-refractivity contribution >= 4 is 29.3 Å². The molecule has 14 heteroatoms. The molecule has 4 N–H and O–H groups in total. The summed E-state index contributed by atoms with van der Waals surface area (Å²) in [4.78, 5) is 45.3. The fraction of sp³-hybridized carbons (Fsp3) is 0.348. The SMILES string of the molecule is O=C(NCCC(=O)N1CCc2c(C(=O)NCCc3ncc(C(F)(F)F)cc3Cl)n[nH]c2C1)c1ccc[nH]1. The Morgan fingerprint density at radius 3 is 2.65 bits per heavy atom. The van der Waals surface area contributed by atoms with Gasteiger partial charge < -0.3 is 20.5 Å². The minimum Gasteiger partial charge on any atom is -0.357 e. The van der Waals surface area contributed by atoms with Crippen molar-refractivity contribution in [2.45, 2.75) is 32.0 Å². The highest BCUT2D eigenvalue weighted by Gasteiger charge is 2.31. The Hall–Kier alpha value is -3.87. The maximum Gasteiger partial charge on any atom is 0.417 e. The maximum absolute atomic E-state index is 12.7. The number of halogens is 4. The molecule has 3 aromatic heterocycles. The summed E-state index contributed by atoms with van der Waals surface area (Å²) in [5.41, 5.74) is 1.25. The molecule has 0 saturated carbocycles. The van der Waals surface area contributed by atoms with E-state index in [0.717, 1.165) is 6.07 Å². The standard InChI is InChI=1S/C23H23ClF3N7O3/c24-15-10-13(23(25,26)27)11-31-16(15)3-7-30-22(37)20-14-5-9-34(12-18(14)32-33-20)19(35)4-8-29-21(36)17-2-1-6-28-17/h1-2,6,10-11,28H,3-5,7-9,12H2,(H,29,36)(H,30,37)(H,32,33). The molecule has 4 rings (SSSR count). The number of H-pyrrole nitrogens is 2. The first-order valence-corrected chi connectivity index (χ1v) is 11.8. The van der Waals surface area contributed by atoms with Crippen LogP contribution in [-0.2, 0) is 30.4 Å². The van der Waals surface area contributed by atoms with Gasteiger partial charge >= 0.3 is 6.18 Å². The molecule has 1 aliphatic rings. The van der Waals surface area contributed by atoms with Crippen LogP contribution in [0.25, 0.3) is 0 Å². The molecular weight excluding hydrogens is 515 g/mol. The molecule has 0 bridgehead atoms. The first-order valence-electron chi connectivity index (χ1n) is 11.4. The zero-order chi connectivity index (χ0) is 26.6. The summed E-state index contributed by atoms with van der Waals surface area (Å²) in [6, 6.07) is 4.14. The molecule has 0 atom stereocenters. The minimum atomic E-state index is -4.54. The molecule has 1 aliphatic heterocycles. The van der Waals surface area contributed by atoms with Crippen LogP contribution >= 0.6 is 11.6 Å². The molecule has 0 spiro atoms. The van der Waals surface area contributed by atoms with Gasteiger partial charge in [0.1, 0.15) is 5.69 Å². The highest BCUT2D eigenvalue weighted by atomic mass is 35.5. The molecule has 0 aromatic carbocycles. The maximum atomic E-state index is 12.7. The van der Waals surface area contributed by atoms with E-state index in [0.29, 0.717) is 36.1 Å². The molecule has 4 heterocycles. The normalized spacial score (nSPS) is 13.2. The van der Waals surface area contributed by atoms with Crippen LogP contribution in [0.4, 0.5) is 13.2 Å². The predicted octanol–water partition coefficient (Wildman–Crippen LogP) is 2.48. The molecule has 0 fully saturated rings. The third kappa shape index (κ3) is 6.28. The van der Waals surface area contributed by atoms with E-state index >= 15 is 0 Å². The number of aromatic nitrogens is 4. The second kappa shape index (κ2) is 11.0. The Morgan fingerprint density at radius 2 is 1.95 bits per heavy atom. The number of pyridine rings is 1. The number of nitrogens with zero attached hydrogens (tertiary/aromatic N) is 3. The molecule has 0 unspecified atom stereocenters. The summed E-state index contributed by atoms with van der Waals surface area (Å²) in [7, 11) is 0. The van der Waals surface area contributed by atoms with Crippen LogP contribution in [0.5, 0.6) is 0 Å². The van der Waals surface area contributed by atoms with Crippen LogP contribution in [0.2, 0.25) is 5.02 Å². The van der Waals surface area contributed by atoms with E-state index < -0.39 is 17.6 Å². The third-order valence-corrected chi connectivity index (χ3v) is 6.19. The largest absolute Gasteiger partial charge is 0.417 e. The number of hydrogen-bond acceptors (Lipinski definition) is 5. The summed E-state index contributed by atoms with van der Waals surface area (Å²) < 4.78 is 38.2. The highest BCUT2D eigenvalue weighted by Crippen LogP contribution is 2.31. The molecule has 10 nitrogen and oxygen atoms in total. The van der Waals surface area contributed by atoms with Crippen molar-refractivity contribution in [3.8, 4) is 0 Å². The summed E-state index contributed by atoms with van der Waals surface area (Å²) in [6.07, 6.45) is -1.52. The lowest BCUT2D eigenvalue weighted by Gasteiger charge is -2.27. The monoisotopic (exact) mass is 537 g/mol. The number of hydrogen-bond donors (Lipinski definition) is 4. The van der Waals surface area contributed by atoms with Gasteiger partial charge in [-0.25, -0.2) is 0 Å². The van der Waals surface area contributed by atoms with Crippen LogP contribution < -0.4 is 10.6 Å². The fourth-order valence-electron chi connectivity index (χ4n) is 3.91. The molecule has 196 valence electrons. The molecule has 37 heavy (non-hydrogen) atoms. The van der Waals surface area contributed by atoms with Crippen LogP contribution in [0.1, 0.15) is 49.9 Å². The summed E-state index contributed by atoms with van der Waals surface area (Å²) >= 11 is 5.91. The van der Waals surface area contributed by atoms with Gasteiger partial charge in [-0.1, -0.05) is 11.6 Å². The number of amides is 3. The lowest BCUT2D eigenvalue weighted by Crippen LogP contribution is -2.38. The number of alkyl halides is 3. The van der Waals surface area contributed by atoms with Gasteiger partial charge in [-0.05, 0) is 24.6 Å². The Balaban J connectivity index is 1.26. The van der Waals surface area contributed by atoms with Crippen molar-refractivity contribution in [2.75, 3.05) is 19.6 Å². The molecule has 3 amide bonds. The van der Waals surface area contributed by atoms with E-state index in [1.54, 1.807) is 23.2 Å². The van der Waals surface area contributed by atoms with Gasteiger partial charge in [0.15, 0.2) is 5.69 Å². The van der Waals surface area contributed by atoms with Crippen molar-refractivity contribution in [1.82, 2.24) is 35.7 Å². The zero-order valence-electron chi connectivity index (χ0n) is 19.4. The van der Waals surface area contributed by atoms with Gasteiger partial charge in [0.2, 0.25) is 5.91 Å². The van der Waals surface area contributed by atoms with Gasteiger partial charge in [-0.3, -0.25) is 24.5 Å². The van der Waals surface area contributed by atoms with Gasteiger partial charge in [-0.2, -0.15) is 18.3 Å². The van der Waals surface area contributed by atoms with Crippen molar-refractivity contribution in [3.63, 3.8) is 0 Å². The van der Waals surface area contributed by atoms with Crippen molar-refractivity contribution in [2.24, 2.45) is 0 Å². The average Bonchev–Trinajstić information content (AvgIpc) is 3.54. The van der Waals surface area contributed by atoms with E-state index in [9.17, 15) is 27.6 Å². The average molecular weight is 538 g/mol. The molecule has 3 aromatic rings. The summed E-state index contributed by atoms with van der Waals surface area (Å²) in [5.74, 6) is -0.884. The smallest absolute Gasteiger partial charge is 0.357 e. The van der Waals surface area contributed by atoms with E-state index in [1.165, 1.54) is 0 Å². The Labute approximate surface area is 214 Å². The van der Waals surface area contributed by atoms with E-state index in [2.05, 4.69) is 30.8 Å². The van der Waals surface area contributed by atoms with Crippen LogP contribution in [0.15, 0.2) is 30.6 Å². The lowest BCUT2D eigenvalue weighted by molar-refractivity contribution is -0.137. The highest BCUT2D eigenvalue weighted by molar-refractivity contribution is 6.31. The molecule has 0 radical (unpaired) electrons.